The zero-order valence-corrected chi connectivity index (χ0v) is 10.2. The first-order valence-corrected chi connectivity index (χ1v) is 5.57. The predicted octanol–water partition coefficient (Wildman–Crippen LogP) is 1.20. The number of hydrogen-bond acceptors (Lipinski definition) is 5. The van der Waals surface area contributed by atoms with E-state index in [1.807, 2.05) is 12.1 Å². The normalized spacial score (nSPS) is 10.3. The highest BCUT2D eigenvalue weighted by Gasteiger charge is 2.06. The van der Waals surface area contributed by atoms with Crippen molar-refractivity contribution in [2.45, 2.75) is 6.54 Å². The number of aromatic amines is 1. The lowest BCUT2D eigenvalue weighted by Gasteiger charge is -2.08. The lowest BCUT2D eigenvalue weighted by atomic mass is 10.2. The zero-order chi connectivity index (χ0) is 13.1. The van der Waals surface area contributed by atoms with Crippen molar-refractivity contribution in [2.24, 2.45) is 0 Å². The van der Waals surface area contributed by atoms with Gasteiger partial charge >= 0.3 is 0 Å². The first-order chi connectivity index (χ1) is 8.56. The third-order valence-corrected chi connectivity index (χ3v) is 2.60. The molecule has 94 valence electrons. The summed E-state index contributed by atoms with van der Waals surface area (Å²) in [5.41, 5.74) is 11.6. The van der Waals surface area contributed by atoms with Crippen molar-refractivity contribution in [3.05, 3.63) is 45.2 Å². The molecule has 0 aliphatic heterocycles. The smallest absolute Gasteiger partial charge is 0.277 e. The first kappa shape index (κ1) is 12.3. The summed E-state index contributed by atoms with van der Waals surface area (Å²) in [5, 5.41) is 3.61. The molecule has 7 heteroatoms. The Morgan fingerprint density at radius 1 is 1.28 bits per heavy atom. The Balaban J connectivity index is 2.15. The van der Waals surface area contributed by atoms with Gasteiger partial charge in [0.2, 0.25) is 5.95 Å². The van der Waals surface area contributed by atoms with E-state index in [1.54, 1.807) is 12.1 Å². The molecule has 6 N–H and O–H groups in total. The molecule has 0 spiro atoms. The lowest BCUT2D eigenvalue weighted by Crippen LogP contribution is -2.18. The van der Waals surface area contributed by atoms with Crippen LogP contribution in [-0.4, -0.2) is 9.97 Å². The zero-order valence-electron chi connectivity index (χ0n) is 9.40. The van der Waals surface area contributed by atoms with Gasteiger partial charge < -0.3 is 16.8 Å². The largest absolute Gasteiger partial charge is 0.391 e. The van der Waals surface area contributed by atoms with E-state index in [9.17, 15) is 4.79 Å². The van der Waals surface area contributed by atoms with Gasteiger partial charge in [0, 0.05) is 11.6 Å². The lowest BCUT2D eigenvalue weighted by molar-refractivity contribution is 1.08. The Morgan fingerprint density at radius 2 is 1.94 bits per heavy atom. The number of nitrogen functional groups attached to an aromatic ring is 2. The maximum atomic E-state index is 11.4. The average Bonchev–Trinajstić information content (AvgIpc) is 2.34. The summed E-state index contributed by atoms with van der Waals surface area (Å²) in [4.78, 5) is 17.6. The van der Waals surface area contributed by atoms with Gasteiger partial charge in [-0.25, -0.2) is 0 Å². The number of nitrogens with one attached hydrogen (secondary N) is 2. The van der Waals surface area contributed by atoms with Crippen molar-refractivity contribution in [2.75, 3.05) is 16.8 Å². The Labute approximate surface area is 108 Å². The molecule has 1 aromatic heterocycles. The Morgan fingerprint density at radius 3 is 2.61 bits per heavy atom. The van der Waals surface area contributed by atoms with E-state index in [2.05, 4.69) is 15.3 Å². The predicted molar refractivity (Wildman–Crippen MR) is 72.5 cm³/mol. The van der Waals surface area contributed by atoms with Gasteiger partial charge in [0.15, 0.2) is 5.82 Å². The number of benzene rings is 1. The average molecular weight is 266 g/mol. The van der Waals surface area contributed by atoms with Crippen LogP contribution in [0.25, 0.3) is 0 Å². The molecule has 0 aliphatic rings. The van der Waals surface area contributed by atoms with Crippen LogP contribution in [0.15, 0.2) is 29.1 Å². The second-order valence-electron chi connectivity index (χ2n) is 3.69. The van der Waals surface area contributed by atoms with Gasteiger partial charge in [-0.3, -0.25) is 9.78 Å². The van der Waals surface area contributed by atoms with E-state index < -0.39 is 5.56 Å². The van der Waals surface area contributed by atoms with Gasteiger partial charge in [-0.15, -0.1) is 0 Å². The fourth-order valence-corrected chi connectivity index (χ4v) is 1.55. The number of nitrogens with zero attached hydrogens (tertiary/aromatic N) is 1. The highest BCUT2D eigenvalue weighted by Crippen LogP contribution is 2.14. The minimum atomic E-state index is -0.457. The maximum absolute atomic E-state index is 11.4. The van der Waals surface area contributed by atoms with Gasteiger partial charge in [-0.1, -0.05) is 23.7 Å². The molecule has 18 heavy (non-hydrogen) atoms. The van der Waals surface area contributed by atoms with Crippen LogP contribution in [0.2, 0.25) is 5.02 Å². The minimum absolute atomic E-state index is 0.0122. The van der Waals surface area contributed by atoms with E-state index in [1.165, 1.54) is 0 Å². The molecular formula is C11H12ClN5O. The quantitative estimate of drug-likeness (QED) is 0.667. The van der Waals surface area contributed by atoms with Crippen LogP contribution >= 0.6 is 11.6 Å². The number of H-pyrrole nitrogens is 1. The summed E-state index contributed by atoms with van der Waals surface area (Å²) >= 11 is 5.78. The van der Waals surface area contributed by atoms with Crippen molar-refractivity contribution in [3.8, 4) is 0 Å². The van der Waals surface area contributed by atoms with Gasteiger partial charge in [-0.2, -0.15) is 4.98 Å². The summed E-state index contributed by atoms with van der Waals surface area (Å²) in [6, 6.07) is 7.28. The van der Waals surface area contributed by atoms with E-state index in [4.69, 9.17) is 23.1 Å². The number of anilines is 3. The number of halogens is 1. The topological polar surface area (TPSA) is 110 Å². The molecular weight excluding hydrogens is 254 g/mol. The minimum Gasteiger partial charge on any atom is -0.391 e. The van der Waals surface area contributed by atoms with Crippen molar-refractivity contribution in [1.29, 1.82) is 0 Å². The van der Waals surface area contributed by atoms with E-state index >= 15 is 0 Å². The molecule has 0 saturated carbocycles. The molecule has 2 aromatic rings. The van der Waals surface area contributed by atoms with Crippen molar-refractivity contribution >= 4 is 29.1 Å². The highest BCUT2D eigenvalue weighted by molar-refractivity contribution is 6.30. The number of aromatic nitrogens is 2. The summed E-state index contributed by atoms with van der Waals surface area (Å²) in [5.74, 6) is 0.291. The number of nitrogens with two attached hydrogens (primary N) is 2. The first-order valence-electron chi connectivity index (χ1n) is 5.20. The standard InChI is InChI=1S/C11H12ClN5O/c12-7-3-1-6(2-4-7)5-15-9-8(13)10(18)17-11(14)16-9/h1-4H,5,13H2,(H4,14,15,16,17,18). The van der Waals surface area contributed by atoms with Crippen molar-refractivity contribution < 1.29 is 0 Å². The summed E-state index contributed by atoms with van der Waals surface area (Å²) < 4.78 is 0. The molecule has 0 bridgehead atoms. The summed E-state index contributed by atoms with van der Waals surface area (Å²) in [6.45, 7) is 0.470. The monoisotopic (exact) mass is 265 g/mol. The fraction of sp³-hybridized carbons (Fsp3) is 0.0909. The van der Waals surface area contributed by atoms with Crippen LogP contribution in [0.1, 0.15) is 5.56 Å². The van der Waals surface area contributed by atoms with Crippen LogP contribution in [0.3, 0.4) is 0 Å². The molecule has 0 fully saturated rings. The van der Waals surface area contributed by atoms with Crippen LogP contribution in [0, 0.1) is 0 Å². The van der Waals surface area contributed by atoms with Gasteiger partial charge in [0.05, 0.1) is 0 Å². The molecule has 0 aliphatic carbocycles. The van der Waals surface area contributed by atoms with Crippen LogP contribution < -0.4 is 22.3 Å². The highest BCUT2D eigenvalue weighted by atomic mass is 35.5. The van der Waals surface area contributed by atoms with Gasteiger partial charge in [0.1, 0.15) is 5.69 Å². The molecule has 0 radical (unpaired) electrons. The van der Waals surface area contributed by atoms with Crippen LogP contribution in [0.4, 0.5) is 17.5 Å². The van der Waals surface area contributed by atoms with E-state index in [0.717, 1.165) is 5.56 Å². The molecule has 0 atom stereocenters. The second-order valence-corrected chi connectivity index (χ2v) is 4.13. The third kappa shape index (κ3) is 2.72. The SMILES string of the molecule is Nc1nc(NCc2ccc(Cl)cc2)c(N)c(=O)[nH]1. The van der Waals surface area contributed by atoms with Crippen molar-refractivity contribution in [1.82, 2.24) is 9.97 Å². The van der Waals surface area contributed by atoms with E-state index in [0.29, 0.717) is 11.6 Å². The number of hydrogen-bond donors (Lipinski definition) is 4. The van der Waals surface area contributed by atoms with Crippen LogP contribution in [-0.2, 0) is 6.54 Å². The van der Waals surface area contributed by atoms with Crippen molar-refractivity contribution in [3.63, 3.8) is 0 Å². The third-order valence-electron chi connectivity index (χ3n) is 2.35. The van der Waals surface area contributed by atoms with E-state index in [-0.39, 0.29) is 17.5 Å². The van der Waals surface area contributed by atoms with Gasteiger partial charge in [-0.05, 0) is 17.7 Å². The fourth-order valence-electron chi connectivity index (χ4n) is 1.42. The summed E-state index contributed by atoms with van der Waals surface area (Å²) in [7, 11) is 0. The molecule has 0 saturated heterocycles. The molecule has 6 nitrogen and oxygen atoms in total. The molecule has 2 rings (SSSR count). The van der Waals surface area contributed by atoms with Gasteiger partial charge in [0.25, 0.3) is 5.56 Å². The Bertz CT molecular complexity index is 608. The Hall–Kier alpha value is -2.21. The molecule has 1 aromatic carbocycles. The summed E-state index contributed by atoms with van der Waals surface area (Å²) in [6.07, 6.45) is 0. The molecule has 1 heterocycles. The second kappa shape index (κ2) is 4.97. The Kier molecular flexibility index (Phi) is 3.38. The molecule has 0 amide bonds. The number of rotatable bonds is 3. The molecule has 0 unspecified atom stereocenters. The van der Waals surface area contributed by atoms with Crippen LogP contribution in [0.5, 0.6) is 0 Å². The maximum Gasteiger partial charge on any atom is 0.277 e.